The lowest BCUT2D eigenvalue weighted by molar-refractivity contribution is 0.0600. The first-order valence-electron chi connectivity index (χ1n) is 15.4. The van der Waals surface area contributed by atoms with E-state index in [4.69, 9.17) is 4.74 Å². The van der Waals surface area contributed by atoms with Crippen LogP contribution in [-0.4, -0.2) is 27.5 Å². The molecule has 0 radical (unpaired) electrons. The van der Waals surface area contributed by atoms with Gasteiger partial charge in [-0.2, -0.15) is 5.26 Å². The summed E-state index contributed by atoms with van der Waals surface area (Å²) in [5.41, 5.74) is 2.53. The lowest BCUT2D eigenvalue weighted by Gasteiger charge is -2.49. The quantitative estimate of drug-likeness (QED) is 0.270. The molecule has 1 aliphatic carbocycles. The Balaban J connectivity index is 1.67. The maximum atomic E-state index is 14.9. The molecule has 2 aliphatic rings. The summed E-state index contributed by atoms with van der Waals surface area (Å²) in [6.07, 6.45) is 3.71. The first-order valence-corrected chi connectivity index (χ1v) is 16.9. The molecule has 1 aliphatic heterocycles. The maximum Gasteiger partial charge on any atom is 0.337 e. The lowest BCUT2D eigenvalue weighted by Crippen LogP contribution is -2.49. The van der Waals surface area contributed by atoms with E-state index in [1.165, 1.54) is 7.11 Å². The van der Waals surface area contributed by atoms with Crippen molar-refractivity contribution in [1.29, 1.82) is 5.26 Å². The van der Waals surface area contributed by atoms with Gasteiger partial charge in [-0.1, -0.05) is 97.7 Å². The Morgan fingerprint density at radius 3 is 2.16 bits per heavy atom. The number of hydrogen-bond donors (Lipinski definition) is 0. The zero-order valence-electron chi connectivity index (χ0n) is 27.2. The van der Waals surface area contributed by atoms with Crippen molar-refractivity contribution in [3.63, 3.8) is 0 Å². The third-order valence-corrected chi connectivity index (χ3v) is 12.0. The molecule has 0 saturated heterocycles. The number of benzene rings is 3. The van der Waals surface area contributed by atoms with Gasteiger partial charge in [0.05, 0.1) is 40.8 Å². The topological polar surface area (TPSA) is 87.5 Å². The summed E-state index contributed by atoms with van der Waals surface area (Å²) >= 11 is 0. The molecule has 7 heteroatoms. The van der Waals surface area contributed by atoms with Gasteiger partial charge in [-0.25, -0.2) is 13.2 Å². The van der Waals surface area contributed by atoms with Gasteiger partial charge in [-0.05, 0) is 76.3 Å². The summed E-state index contributed by atoms with van der Waals surface area (Å²) in [5, 5.41) is 10.7. The maximum absolute atomic E-state index is 14.9. The highest BCUT2D eigenvalue weighted by Gasteiger charge is 2.55. The predicted molar refractivity (Wildman–Crippen MR) is 175 cm³/mol. The van der Waals surface area contributed by atoms with Crippen molar-refractivity contribution in [3.05, 3.63) is 83.4 Å². The van der Waals surface area contributed by atoms with Gasteiger partial charge >= 0.3 is 5.97 Å². The van der Waals surface area contributed by atoms with Gasteiger partial charge in [-0.15, -0.1) is 0 Å². The van der Waals surface area contributed by atoms with Crippen molar-refractivity contribution in [2.45, 2.75) is 95.9 Å². The van der Waals surface area contributed by atoms with Crippen molar-refractivity contribution in [3.8, 4) is 17.2 Å². The molecule has 0 amide bonds. The largest absolute Gasteiger partial charge is 0.465 e. The van der Waals surface area contributed by atoms with E-state index in [0.717, 1.165) is 42.4 Å². The van der Waals surface area contributed by atoms with Crippen molar-refractivity contribution in [2.75, 3.05) is 11.4 Å². The summed E-state index contributed by atoms with van der Waals surface area (Å²) in [6.45, 7) is 14.5. The van der Waals surface area contributed by atoms with E-state index in [9.17, 15) is 18.5 Å². The number of rotatable bonds is 5. The smallest absolute Gasteiger partial charge is 0.337 e. The number of hydrogen-bond acceptors (Lipinski definition) is 5. The molecule has 3 aromatic carbocycles. The molecule has 0 N–H and O–H groups in total. The highest BCUT2D eigenvalue weighted by Crippen LogP contribution is 2.56. The van der Waals surface area contributed by atoms with Gasteiger partial charge in [0, 0.05) is 5.41 Å². The van der Waals surface area contributed by atoms with Crippen LogP contribution < -0.4 is 4.31 Å². The van der Waals surface area contributed by atoms with E-state index in [1.54, 1.807) is 34.6 Å². The lowest BCUT2D eigenvalue weighted by atomic mass is 9.52. The fourth-order valence-corrected chi connectivity index (χ4v) is 9.99. The van der Waals surface area contributed by atoms with E-state index < -0.39 is 32.2 Å². The van der Waals surface area contributed by atoms with Gasteiger partial charge in [0.25, 0.3) is 10.0 Å². The normalized spacial score (nSPS) is 20.4. The molecule has 3 aromatic rings. The van der Waals surface area contributed by atoms with E-state index in [1.807, 2.05) is 71.9 Å². The molecule has 5 rings (SSSR count). The number of carbonyl (C=O) groups is 1. The minimum Gasteiger partial charge on any atom is -0.465 e. The zero-order chi connectivity index (χ0) is 32.3. The minimum atomic E-state index is -4.00. The molecular weight excluding hydrogens is 568 g/mol. The number of esters is 1. The Bertz CT molecular complexity index is 1730. The molecule has 232 valence electrons. The standard InChI is InChI=1S/C37H44N2O4S/c1-34(2,3)37(24-38,35(4,5)6)28-12-11-13-29(23-28)44(41,42)39-31-22-27(25-15-17-26(18-16-25)33(40)43-8)19-20-30(31)36(7)21-10-9-14-32(36)39/h11-13,15-20,22-23,32H,9-10,14,21H2,1-8H3/t32-,36-/m0/s1. The number of carbonyl (C=O) groups excluding carboxylic acids is 1. The van der Waals surface area contributed by atoms with Gasteiger partial charge in [0.1, 0.15) is 0 Å². The van der Waals surface area contributed by atoms with Crippen LogP contribution >= 0.6 is 0 Å². The molecule has 0 spiro atoms. The van der Waals surface area contributed by atoms with Crippen LogP contribution in [0.2, 0.25) is 0 Å². The Morgan fingerprint density at radius 1 is 0.932 bits per heavy atom. The number of anilines is 1. The average Bonchev–Trinajstić information content (AvgIpc) is 3.24. The van der Waals surface area contributed by atoms with Gasteiger partial charge < -0.3 is 4.74 Å². The van der Waals surface area contributed by atoms with E-state index in [2.05, 4.69) is 19.1 Å². The summed E-state index contributed by atoms with van der Waals surface area (Å²) in [6, 6.07) is 22.8. The number of fused-ring (bicyclic) bond motifs is 3. The van der Waals surface area contributed by atoms with Crippen molar-refractivity contribution in [2.24, 2.45) is 10.8 Å². The fraction of sp³-hybridized carbons (Fsp3) is 0.459. The number of nitriles is 1. The second-order valence-electron chi connectivity index (χ2n) is 14.7. The molecular formula is C37H44N2O4S. The Morgan fingerprint density at radius 2 is 1.57 bits per heavy atom. The van der Waals surface area contributed by atoms with Crippen molar-refractivity contribution >= 4 is 21.7 Å². The molecule has 1 heterocycles. The van der Waals surface area contributed by atoms with Crippen LogP contribution in [0, 0.1) is 22.2 Å². The van der Waals surface area contributed by atoms with Crippen molar-refractivity contribution < 1.29 is 17.9 Å². The zero-order valence-corrected chi connectivity index (χ0v) is 28.0. The Kier molecular flexibility index (Phi) is 7.78. The number of nitrogens with zero attached hydrogens (tertiary/aromatic N) is 2. The highest BCUT2D eigenvalue weighted by atomic mass is 32.2. The van der Waals surface area contributed by atoms with Crippen LogP contribution in [-0.2, 0) is 25.6 Å². The first kappa shape index (κ1) is 31.8. The summed E-state index contributed by atoms with van der Waals surface area (Å²) in [7, 11) is -2.64. The van der Waals surface area contributed by atoms with Crippen LogP contribution in [0.5, 0.6) is 0 Å². The molecule has 2 atom stereocenters. The summed E-state index contributed by atoms with van der Waals surface area (Å²) in [4.78, 5) is 12.2. The number of methoxy groups -OCH3 is 1. The number of ether oxygens (including phenoxy) is 1. The third-order valence-electron chi connectivity index (χ3n) is 10.2. The Labute approximate surface area is 263 Å². The van der Waals surface area contributed by atoms with Crippen molar-refractivity contribution in [1.82, 2.24) is 0 Å². The highest BCUT2D eigenvalue weighted by molar-refractivity contribution is 7.93. The van der Waals surface area contributed by atoms with Crippen LogP contribution in [0.15, 0.2) is 71.6 Å². The first-order chi connectivity index (χ1) is 20.5. The SMILES string of the molecule is COC(=O)c1ccc(-c2ccc3c(c2)N(S(=O)(=O)c2cccc(C(C#N)(C(C)(C)C)C(C)(C)C)c2)[C@H]2CCCC[C@@]32C)cc1. The molecule has 0 aromatic heterocycles. The summed E-state index contributed by atoms with van der Waals surface area (Å²) < 4.78 is 36.2. The third kappa shape index (κ3) is 4.74. The summed E-state index contributed by atoms with van der Waals surface area (Å²) in [5.74, 6) is -0.402. The Hall–Kier alpha value is -3.63. The van der Waals surface area contributed by atoms with Gasteiger partial charge in [-0.3, -0.25) is 4.31 Å². The van der Waals surface area contributed by atoms with Crippen LogP contribution in [0.3, 0.4) is 0 Å². The second-order valence-corrected chi connectivity index (χ2v) is 16.5. The predicted octanol–water partition coefficient (Wildman–Crippen LogP) is 8.40. The molecule has 0 bridgehead atoms. The average molecular weight is 613 g/mol. The van der Waals surface area contributed by atoms with Crippen LogP contribution in [0.25, 0.3) is 11.1 Å². The minimum absolute atomic E-state index is 0.205. The molecule has 1 fully saturated rings. The monoisotopic (exact) mass is 612 g/mol. The van der Waals surface area contributed by atoms with Gasteiger partial charge in [0.15, 0.2) is 0 Å². The molecule has 0 unspecified atom stereocenters. The molecule has 1 saturated carbocycles. The van der Waals surface area contributed by atoms with Crippen LogP contribution in [0.4, 0.5) is 5.69 Å². The van der Waals surface area contributed by atoms with Gasteiger partial charge in [0.2, 0.25) is 0 Å². The second kappa shape index (κ2) is 10.8. The van der Waals surface area contributed by atoms with E-state index in [0.29, 0.717) is 16.8 Å². The number of sulfonamides is 1. The molecule has 6 nitrogen and oxygen atoms in total. The molecule has 44 heavy (non-hydrogen) atoms. The fourth-order valence-electron chi connectivity index (χ4n) is 8.16. The van der Waals surface area contributed by atoms with E-state index >= 15 is 0 Å². The van der Waals surface area contributed by atoms with E-state index in [-0.39, 0.29) is 16.4 Å². The van der Waals surface area contributed by atoms with Crippen LogP contribution in [0.1, 0.15) is 95.6 Å².